The van der Waals surface area contributed by atoms with Crippen molar-refractivity contribution in [1.29, 1.82) is 0 Å². The van der Waals surface area contributed by atoms with Gasteiger partial charge in [-0.2, -0.15) is 0 Å². The van der Waals surface area contributed by atoms with E-state index in [9.17, 15) is 0 Å². The molecular formula is C17H35N. The summed E-state index contributed by atoms with van der Waals surface area (Å²) in [5.41, 5.74) is 0.558. The first-order valence-electron chi connectivity index (χ1n) is 8.19. The molecule has 1 aliphatic carbocycles. The minimum absolute atomic E-state index is 0.558. The van der Waals surface area contributed by atoms with Crippen LogP contribution in [0.1, 0.15) is 79.6 Å². The summed E-state index contributed by atoms with van der Waals surface area (Å²) in [6, 6.07) is 0.807. The van der Waals surface area contributed by atoms with E-state index in [4.69, 9.17) is 0 Å². The van der Waals surface area contributed by atoms with Crippen molar-refractivity contribution in [3.63, 3.8) is 0 Å². The van der Waals surface area contributed by atoms with Gasteiger partial charge < -0.3 is 5.32 Å². The SMILES string of the molecule is CCC(C)(C)C1CCC(NCCCC(C)C)CC1. The van der Waals surface area contributed by atoms with Crippen LogP contribution in [0.2, 0.25) is 0 Å². The molecule has 0 aliphatic heterocycles. The fourth-order valence-corrected chi connectivity index (χ4v) is 3.18. The molecule has 1 saturated carbocycles. The normalized spacial score (nSPS) is 25.7. The molecule has 108 valence electrons. The third-order valence-electron chi connectivity index (χ3n) is 5.13. The summed E-state index contributed by atoms with van der Waals surface area (Å²) in [7, 11) is 0. The van der Waals surface area contributed by atoms with Gasteiger partial charge in [-0.05, 0) is 62.3 Å². The Morgan fingerprint density at radius 2 is 1.72 bits per heavy atom. The molecule has 0 heterocycles. The van der Waals surface area contributed by atoms with Gasteiger partial charge in [0.25, 0.3) is 0 Å². The standard InChI is InChI=1S/C17H35N/c1-6-17(4,5)15-9-11-16(12-10-15)18-13-7-8-14(2)3/h14-16,18H,6-13H2,1-5H3. The highest BCUT2D eigenvalue weighted by Crippen LogP contribution is 2.40. The number of rotatable bonds is 7. The second kappa shape index (κ2) is 7.53. The van der Waals surface area contributed by atoms with Gasteiger partial charge in [0.2, 0.25) is 0 Å². The molecule has 0 aromatic rings. The van der Waals surface area contributed by atoms with Crippen molar-refractivity contribution in [3.8, 4) is 0 Å². The maximum absolute atomic E-state index is 3.77. The van der Waals surface area contributed by atoms with Crippen LogP contribution in [-0.4, -0.2) is 12.6 Å². The summed E-state index contributed by atoms with van der Waals surface area (Å²) in [5.74, 6) is 1.81. The molecule has 18 heavy (non-hydrogen) atoms. The van der Waals surface area contributed by atoms with E-state index in [1.165, 1.54) is 51.5 Å². The topological polar surface area (TPSA) is 12.0 Å². The average Bonchev–Trinajstić information content (AvgIpc) is 2.35. The van der Waals surface area contributed by atoms with Crippen molar-refractivity contribution in [2.45, 2.75) is 85.6 Å². The lowest BCUT2D eigenvalue weighted by Crippen LogP contribution is -2.37. The first-order valence-corrected chi connectivity index (χ1v) is 8.19. The Morgan fingerprint density at radius 1 is 1.11 bits per heavy atom. The van der Waals surface area contributed by atoms with Crippen molar-refractivity contribution in [2.24, 2.45) is 17.3 Å². The summed E-state index contributed by atoms with van der Waals surface area (Å²) in [4.78, 5) is 0. The maximum atomic E-state index is 3.77. The van der Waals surface area contributed by atoms with E-state index < -0.39 is 0 Å². The zero-order valence-electron chi connectivity index (χ0n) is 13.4. The van der Waals surface area contributed by atoms with Gasteiger partial charge in [-0.1, -0.05) is 41.0 Å². The lowest BCUT2D eigenvalue weighted by atomic mass is 9.69. The van der Waals surface area contributed by atoms with Crippen LogP contribution in [0.3, 0.4) is 0 Å². The molecule has 1 fully saturated rings. The second-order valence-electron chi connectivity index (χ2n) is 7.38. The van der Waals surface area contributed by atoms with Crippen LogP contribution >= 0.6 is 0 Å². The van der Waals surface area contributed by atoms with E-state index >= 15 is 0 Å². The van der Waals surface area contributed by atoms with Crippen LogP contribution in [0.25, 0.3) is 0 Å². The van der Waals surface area contributed by atoms with Crippen LogP contribution in [0, 0.1) is 17.3 Å². The van der Waals surface area contributed by atoms with Gasteiger partial charge in [-0.15, -0.1) is 0 Å². The highest BCUT2D eigenvalue weighted by molar-refractivity contribution is 4.84. The summed E-state index contributed by atoms with van der Waals surface area (Å²) in [5, 5.41) is 3.77. The van der Waals surface area contributed by atoms with Crippen LogP contribution < -0.4 is 5.32 Å². The smallest absolute Gasteiger partial charge is 0.00672 e. The fourth-order valence-electron chi connectivity index (χ4n) is 3.18. The van der Waals surface area contributed by atoms with E-state index in [-0.39, 0.29) is 0 Å². The highest BCUT2D eigenvalue weighted by atomic mass is 14.9. The molecule has 0 atom stereocenters. The Labute approximate surface area is 115 Å². The molecule has 0 aromatic heterocycles. The third kappa shape index (κ3) is 5.30. The predicted octanol–water partition coefficient (Wildman–Crippen LogP) is 5.01. The van der Waals surface area contributed by atoms with Crippen molar-refractivity contribution in [2.75, 3.05) is 6.54 Å². The van der Waals surface area contributed by atoms with Gasteiger partial charge in [0.15, 0.2) is 0 Å². The average molecular weight is 253 g/mol. The zero-order chi connectivity index (χ0) is 13.6. The lowest BCUT2D eigenvalue weighted by molar-refractivity contribution is 0.137. The van der Waals surface area contributed by atoms with Crippen LogP contribution in [0.4, 0.5) is 0 Å². The van der Waals surface area contributed by atoms with Gasteiger partial charge in [-0.25, -0.2) is 0 Å². The molecular weight excluding hydrogens is 218 g/mol. The molecule has 0 spiro atoms. The Balaban J connectivity index is 2.16. The molecule has 1 rings (SSSR count). The zero-order valence-corrected chi connectivity index (χ0v) is 13.4. The molecule has 1 nitrogen and oxygen atoms in total. The molecule has 0 amide bonds. The highest BCUT2D eigenvalue weighted by Gasteiger charge is 2.31. The van der Waals surface area contributed by atoms with Gasteiger partial charge in [0.05, 0.1) is 0 Å². The molecule has 0 bridgehead atoms. The Morgan fingerprint density at radius 3 is 2.22 bits per heavy atom. The van der Waals surface area contributed by atoms with E-state index in [1.807, 2.05) is 0 Å². The van der Waals surface area contributed by atoms with E-state index in [2.05, 4.69) is 39.9 Å². The van der Waals surface area contributed by atoms with E-state index in [0.29, 0.717) is 5.41 Å². The van der Waals surface area contributed by atoms with Gasteiger partial charge >= 0.3 is 0 Å². The summed E-state index contributed by atoms with van der Waals surface area (Å²) in [6.07, 6.45) is 9.70. The summed E-state index contributed by atoms with van der Waals surface area (Å²) < 4.78 is 0. The Bertz CT molecular complexity index is 212. The van der Waals surface area contributed by atoms with E-state index in [1.54, 1.807) is 0 Å². The van der Waals surface area contributed by atoms with Crippen LogP contribution in [0.15, 0.2) is 0 Å². The number of nitrogens with one attached hydrogen (secondary N) is 1. The monoisotopic (exact) mass is 253 g/mol. The van der Waals surface area contributed by atoms with Crippen molar-refractivity contribution in [3.05, 3.63) is 0 Å². The Hall–Kier alpha value is -0.0400. The molecule has 0 radical (unpaired) electrons. The Kier molecular flexibility index (Phi) is 6.70. The first kappa shape index (κ1) is 16.0. The summed E-state index contributed by atoms with van der Waals surface area (Å²) in [6.45, 7) is 13.1. The van der Waals surface area contributed by atoms with Crippen molar-refractivity contribution in [1.82, 2.24) is 5.32 Å². The molecule has 1 N–H and O–H groups in total. The second-order valence-corrected chi connectivity index (χ2v) is 7.38. The lowest BCUT2D eigenvalue weighted by Gasteiger charge is -2.39. The third-order valence-corrected chi connectivity index (χ3v) is 5.13. The van der Waals surface area contributed by atoms with Gasteiger partial charge in [0, 0.05) is 6.04 Å². The minimum atomic E-state index is 0.558. The molecule has 0 unspecified atom stereocenters. The largest absolute Gasteiger partial charge is 0.314 e. The van der Waals surface area contributed by atoms with Gasteiger partial charge in [-0.3, -0.25) is 0 Å². The quantitative estimate of drug-likeness (QED) is 0.629. The van der Waals surface area contributed by atoms with Gasteiger partial charge in [0.1, 0.15) is 0 Å². The fraction of sp³-hybridized carbons (Fsp3) is 1.00. The molecule has 1 heteroatoms. The molecule has 0 aromatic carbocycles. The number of hydrogen-bond acceptors (Lipinski definition) is 1. The molecule has 0 saturated heterocycles. The van der Waals surface area contributed by atoms with E-state index in [0.717, 1.165) is 17.9 Å². The summed E-state index contributed by atoms with van der Waals surface area (Å²) >= 11 is 0. The molecule has 1 aliphatic rings. The van der Waals surface area contributed by atoms with Crippen molar-refractivity contribution >= 4 is 0 Å². The maximum Gasteiger partial charge on any atom is 0.00672 e. The minimum Gasteiger partial charge on any atom is -0.314 e. The number of hydrogen-bond donors (Lipinski definition) is 1. The van der Waals surface area contributed by atoms with Crippen LogP contribution in [-0.2, 0) is 0 Å². The first-order chi connectivity index (χ1) is 8.45. The predicted molar refractivity (Wildman–Crippen MR) is 81.9 cm³/mol. The van der Waals surface area contributed by atoms with Crippen LogP contribution in [0.5, 0.6) is 0 Å². The van der Waals surface area contributed by atoms with Crippen molar-refractivity contribution < 1.29 is 0 Å².